The number of aromatic nitrogens is 2. The lowest BCUT2D eigenvalue weighted by atomic mass is 10.0. The van der Waals surface area contributed by atoms with E-state index in [9.17, 15) is 5.11 Å². The van der Waals surface area contributed by atoms with Crippen LogP contribution in [-0.4, -0.2) is 59.7 Å². The minimum absolute atomic E-state index is 0.368. The lowest BCUT2D eigenvalue weighted by Gasteiger charge is -2.32. The number of anilines is 2. The zero-order valence-corrected chi connectivity index (χ0v) is 15.4. The molecule has 0 bridgehead atoms. The van der Waals surface area contributed by atoms with Crippen LogP contribution in [0.2, 0.25) is 0 Å². The number of para-hydroxylation sites is 1. The normalized spacial score (nSPS) is 21.4. The number of hydrogen-bond acceptors (Lipinski definition) is 6. The molecule has 1 N–H and O–H groups in total. The molecular weight excluding hydrogens is 326 g/mol. The summed E-state index contributed by atoms with van der Waals surface area (Å²) < 4.78 is 0. The number of aliphatic hydroxyl groups excluding tert-OH is 1. The average molecular weight is 353 g/mol. The van der Waals surface area contributed by atoms with E-state index < -0.39 is 0 Å². The molecule has 1 saturated heterocycles. The van der Waals surface area contributed by atoms with Crippen LogP contribution in [0.25, 0.3) is 0 Å². The highest BCUT2D eigenvalue weighted by Gasteiger charge is 2.21. The molecule has 1 aromatic heterocycles. The van der Waals surface area contributed by atoms with Crippen LogP contribution >= 0.6 is 0 Å². The maximum atomic E-state index is 10.4. The van der Waals surface area contributed by atoms with Gasteiger partial charge in [0.05, 0.1) is 6.10 Å². The summed E-state index contributed by atoms with van der Waals surface area (Å²) in [5.74, 6) is 0.827. The molecule has 26 heavy (non-hydrogen) atoms. The summed E-state index contributed by atoms with van der Waals surface area (Å²) in [6, 6.07) is 8.17. The third-order valence-electron chi connectivity index (χ3n) is 5.39. The fourth-order valence-electron chi connectivity index (χ4n) is 3.79. The van der Waals surface area contributed by atoms with E-state index in [2.05, 4.69) is 37.8 Å². The quantitative estimate of drug-likeness (QED) is 0.912. The molecule has 2 aliphatic rings. The Bertz CT molecular complexity index is 727. The molecule has 3 heterocycles. The van der Waals surface area contributed by atoms with Crippen molar-refractivity contribution in [1.29, 1.82) is 0 Å². The second-order valence-electron chi connectivity index (χ2n) is 7.32. The fraction of sp³-hybridized carbons (Fsp3) is 0.500. The Morgan fingerprint density at radius 2 is 1.77 bits per heavy atom. The number of nitrogens with zero attached hydrogens (tertiary/aromatic N) is 5. The topological polar surface area (TPSA) is 55.7 Å². The van der Waals surface area contributed by atoms with Crippen molar-refractivity contribution >= 4 is 11.6 Å². The molecule has 6 nitrogen and oxygen atoms in total. The largest absolute Gasteiger partial charge is 0.388 e. The first-order chi connectivity index (χ1) is 12.7. The highest BCUT2D eigenvalue weighted by atomic mass is 16.3. The SMILES string of the molecule is CN1CCN(c2ncc(CN3CCCC(O)c4ccccc43)cn2)CC1. The molecule has 0 radical (unpaired) electrons. The van der Waals surface area contributed by atoms with Crippen molar-refractivity contribution in [3.63, 3.8) is 0 Å². The van der Waals surface area contributed by atoms with Crippen LogP contribution in [0.1, 0.15) is 30.1 Å². The van der Waals surface area contributed by atoms with Gasteiger partial charge in [0.15, 0.2) is 0 Å². The van der Waals surface area contributed by atoms with Gasteiger partial charge in [0.25, 0.3) is 0 Å². The van der Waals surface area contributed by atoms with Crippen molar-refractivity contribution in [3.05, 3.63) is 47.8 Å². The van der Waals surface area contributed by atoms with Crippen molar-refractivity contribution in [2.24, 2.45) is 0 Å². The van der Waals surface area contributed by atoms with Gasteiger partial charge in [-0.1, -0.05) is 18.2 Å². The van der Waals surface area contributed by atoms with Crippen molar-refractivity contribution in [2.75, 3.05) is 49.6 Å². The van der Waals surface area contributed by atoms with Gasteiger partial charge < -0.3 is 19.8 Å². The van der Waals surface area contributed by atoms with E-state index in [0.29, 0.717) is 0 Å². The van der Waals surface area contributed by atoms with Crippen LogP contribution in [0.3, 0.4) is 0 Å². The van der Waals surface area contributed by atoms with Crippen LogP contribution in [0.4, 0.5) is 11.6 Å². The second-order valence-corrected chi connectivity index (χ2v) is 7.32. The Kier molecular flexibility index (Phi) is 5.04. The van der Waals surface area contributed by atoms with E-state index in [4.69, 9.17) is 0 Å². The first-order valence-corrected chi connectivity index (χ1v) is 9.47. The number of fused-ring (bicyclic) bond motifs is 1. The number of hydrogen-bond donors (Lipinski definition) is 1. The smallest absolute Gasteiger partial charge is 0.225 e. The van der Waals surface area contributed by atoms with Gasteiger partial charge in [-0.05, 0) is 26.0 Å². The highest BCUT2D eigenvalue weighted by molar-refractivity contribution is 5.55. The Balaban J connectivity index is 1.48. The minimum atomic E-state index is -0.368. The van der Waals surface area contributed by atoms with Gasteiger partial charge in [0, 0.05) is 68.5 Å². The van der Waals surface area contributed by atoms with Gasteiger partial charge in [0.2, 0.25) is 5.95 Å². The predicted octanol–water partition coefficient (Wildman–Crippen LogP) is 2.06. The van der Waals surface area contributed by atoms with Crippen LogP contribution in [0, 0.1) is 0 Å². The average Bonchev–Trinajstić information content (AvgIpc) is 2.83. The fourth-order valence-corrected chi connectivity index (χ4v) is 3.79. The third-order valence-corrected chi connectivity index (χ3v) is 5.39. The van der Waals surface area contributed by atoms with Crippen LogP contribution < -0.4 is 9.80 Å². The van der Waals surface area contributed by atoms with E-state index in [1.165, 1.54) is 0 Å². The van der Waals surface area contributed by atoms with E-state index in [1.807, 2.05) is 30.6 Å². The molecule has 4 rings (SSSR count). The number of piperazine rings is 1. The Morgan fingerprint density at radius 1 is 1.04 bits per heavy atom. The van der Waals surface area contributed by atoms with Crippen molar-refractivity contribution in [1.82, 2.24) is 14.9 Å². The Morgan fingerprint density at radius 3 is 2.54 bits per heavy atom. The lowest BCUT2D eigenvalue weighted by Crippen LogP contribution is -2.45. The molecule has 2 aromatic rings. The van der Waals surface area contributed by atoms with Gasteiger partial charge in [-0.15, -0.1) is 0 Å². The van der Waals surface area contributed by atoms with Crippen LogP contribution in [0.5, 0.6) is 0 Å². The first-order valence-electron chi connectivity index (χ1n) is 9.47. The van der Waals surface area contributed by atoms with Crippen molar-refractivity contribution in [2.45, 2.75) is 25.5 Å². The lowest BCUT2D eigenvalue weighted by molar-refractivity contribution is 0.168. The summed E-state index contributed by atoms with van der Waals surface area (Å²) in [5, 5.41) is 10.4. The highest BCUT2D eigenvalue weighted by Crippen LogP contribution is 2.33. The molecule has 6 heteroatoms. The third kappa shape index (κ3) is 3.66. The summed E-state index contributed by atoms with van der Waals surface area (Å²) in [6.45, 7) is 5.78. The minimum Gasteiger partial charge on any atom is -0.388 e. The number of likely N-dealkylation sites (N-methyl/N-ethyl adjacent to an activating group) is 1. The van der Waals surface area contributed by atoms with Gasteiger partial charge >= 0.3 is 0 Å². The van der Waals surface area contributed by atoms with E-state index in [1.54, 1.807) is 0 Å². The molecule has 0 amide bonds. The summed E-state index contributed by atoms with van der Waals surface area (Å²) in [6.07, 6.45) is 5.32. The predicted molar refractivity (Wildman–Crippen MR) is 103 cm³/mol. The van der Waals surface area contributed by atoms with Crippen molar-refractivity contribution in [3.8, 4) is 0 Å². The maximum absolute atomic E-state index is 10.4. The summed E-state index contributed by atoms with van der Waals surface area (Å²) >= 11 is 0. The molecule has 2 aliphatic heterocycles. The van der Waals surface area contributed by atoms with Gasteiger partial charge in [-0.2, -0.15) is 0 Å². The second kappa shape index (κ2) is 7.60. The van der Waals surface area contributed by atoms with Gasteiger partial charge in [0.1, 0.15) is 0 Å². The van der Waals surface area contributed by atoms with Gasteiger partial charge in [-0.25, -0.2) is 9.97 Å². The maximum Gasteiger partial charge on any atom is 0.225 e. The molecule has 0 spiro atoms. The molecule has 0 saturated carbocycles. The zero-order chi connectivity index (χ0) is 17.9. The summed E-state index contributed by atoms with van der Waals surface area (Å²) in [4.78, 5) is 16.1. The zero-order valence-electron chi connectivity index (χ0n) is 15.4. The summed E-state index contributed by atoms with van der Waals surface area (Å²) in [5.41, 5.74) is 3.26. The van der Waals surface area contributed by atoms with E-state index >= 15 is 0 Å². The molecule has 138 valence electrons. The van der Waals surface area contributed by atoms with Crippen LogP contribution in [-0.2, 0) is 6.54 Å². The number of rotatable bonds is 3. The summed E-state index contributed by atoms with van der Waals surface area (Å²) in [7, 11) is 2.15. The Hall–Kier alpha value is -2.18. The first kappa shape index (κ1) is 17.2. The number of benzene rings is 1. The molecule has 1 fully saturated rings. The standard InChI is InChI=1S/C20H27N5O/c1-23-9-11-24(12-10-23)20-21-13-16(14-22-20)15-25-8-4-7-19(26)17-5-2-3-6-18(17)25/h2-3,5-6,13-14,19,26H,4,7-12,15H2,1H3. The van der Waals surface area contributed by atoms with Gasteiger partial charge in [-0.3, -0.25) is 0 Å². The number of aliphatic hydroxyl groups is 1. The molecule has 1 aromatic carbocycles. The molecule has 1 unspecified atom stereocenters. The Labute approximate surface area is 155 Å². The monoisotopic (exact) mass is 353 g/mol. The molecule has 1 atom stereocenters. The molecular formula is C20H27N5O. The van der Waals surface area contributed by atoms with E-state index in [0.717, 1.165) is 74.9 Å². The van der Waals surface area contributed by atoms with E-state index in [-0.39, 0.29) is 6.10 Å². The van der Waals surface area contributed by atoms with Crippen LogP contribution in [0.15, 0.2) is 36.7 Å². The van der Waals surface area contributed by atoms with Crippen molar-refractivity contribution < 1.29 is 5.11 Å². The molecule has 0 aliphatic carbocycles.